The summed E-state index contributed by atoms with van der Waals surface area (Å²) >= 11 is 0. The van der Waals surface area contributed by atoms with Crippen LogP contribution in [0.4, 0.5) is 4.39 Å². The molecule has 0 fully saturated rings. The largest absolute Gasteiger partial charge is 0.492 e. The maximum absolute atomic E-state index is 13.9. The topological polar surface area (TPSA) is 35.5 Å². The summed E-state index contributed by atoms with van der Waals surface area (Å²) < 4.78 is 24.8. The van der Waals surface area contributed by atoms with Crippen molar-refractivity contribution in [3.8, 4) is 11.5 Å². The molecular formula is C16H13FO3. The van der Waals surface area contributed by atoms with Gasteiger partial charge in [0.1, 0.15) is 12.4 Å². The predicted octanol–water partition coefficient (Wildman–Crippen LogP) is 3.37. The van der Waals surface area contributed by atoms with Gasteiger partial charge >= 0.3 is 0 Å². The van der Waals surface area contributed by atoms with E-state index in [1.165, 1.54) is 12.1 Å². The molecule has 0 atom stereocenters. The van der Waals surface area contributed by atoms with Crippen molar-refractivity contribution in [2.24, 2.45) is 0 Å². The number of Topliss-reactive ketones (excluding diaryl/α,β-unsaturated/α-hetero) is 1. The van der Waals surface area contributed by atoms with E-state index >= 15 is 0 Å². The molecule has 0 saturated carbocycles. The molecule has 20 heavy (non-hydrogen) atoms. The molecule has 0 aromatic heterocycles. The standard InChI is InChI=1S/C16H13FO3/c17-13-8-12-14(18)6-7-19-15(12)9-16(13)20-10-11-4-2-1-3-5-11/h1-5,8-9H,6-7,10H2. The summed E-state index contributed by atoms with van der Waals surface area (Å²) in [5.41, 5.74) is 1.24. The SMILES string of the molecule is O=C1CCOc2cc(OCc3ccccc3)c(F)cc21. The maximum atomic E-state index is 13.9. The second kappa shape index (κ2) is 5.33. The van der Waals surface area contributed by atoms with Gasteiger partial charge in [0.15, 0.2) is 17.3 Å². The lowest BCUT2D eigenvalue weighted by atomic mass is 10.0. The maximum Gasteiger partial charge on any atom is 0.170 e. The van der Waals surface area contributed by atoms with Crippen molar-refractivity contribution in [2.45, 2.75) is 13.0 Å². The smallest absolute Gasteiger partial charge is 0.170 e. The average molecular weight is 272 g/mol. The van der Waals surface area contributed by atoms with Crippen LogP contribution >= 0.6 is 0 Å². The first-order valence-corrected chi connectivity index (χ1v) is 6.40. The third kappa shape index (κ3) is 2.50. The second-order valence-electron chi connectivity index (χ2n) is 4.57. The summed E-state index contributed by atoms with van der Waals surface area (Å²) in [7, 11) is 0. The lowest BCUT2D eigenvalue weighted by Crippen LogP contribution is -2.15. The highest BCUT2D eigenvalue weighted by Crippen LogP contribution is 2.32. The highest BCUT2D eigenvalue weighted by atomic mass is 19.1. The fourth-order valence-corrected chi connectivity index (χ4v) is 2.11. The van der Waals surface area contributed by atoms with Gasteiger partial charge in [0.05, 0.1) is 12.2 Å². The molecule has 2 aromatic rings. The molecule has 0 aliphatic carbocycles. The third-order valence-corrected chi connectivity index (χ3v) is 3.16. The van der Waals surface area contributed by atoms with Crippen molar-refractivity contribution in [3.63, 3.8) is 0 Å². The van der Waals surface area contributed by atoms with Gasteiger partial charge in [-0.3, -0.25) is 4.79 Å². The minimum atomic E-state index is -0.543. The molecule has 3 rings (SSSR count). The van der Waals surface area contributed by atoms with E-state index in [0.717, 1.165) is 5.56 Å². The Bertz CT molecular complexity index is 638. The number of rotatable bonds is 3. The molecule has 2 aromatic carbocycles. The molecule has 1 aliphatic rings. The van der Waals surface area contributed by atoms with Crippen LogP contribution in [0, 0.1) is 5.82 Å². The average Bonchev–Trinajstić information content (AvgIpc) is 2.47. The van der Waals surface area contributed by atoms with Crippen LogP contribution in [0.15, 0.2) is 42.5 Å². The summed E-state index contributed by atoms with van der Waals surface area (Å²) in [5.74, 6) is -0.147. The lowest BCUT2D eigenvalue weighted by molar-refractivity contribution is 0.0932. The van der Waals surface area contributed by atoms with Gasteiger partial charge in [0.2, 0.25) is 0 Å². The summed E-state index contributed by atoms with van der Waals surface area (Å²) in [6.45, 7) is 0.597. The van der Waals surface area contributed by atoms with E-state index in [1.807, 2.05) is 30.3 Å². The first-order valence-electron chi connectivity index (χ1n) is 6.40. The number of hydrogen-bond donors (Lipinski definition) is 0. The van der Waals surface area contributed by atoms with Crippen molar-refractivity contribution in [1.29, 1.82) is 0 Å². The summed E-state index contributed by atoms with van der Waals surface area (Å²) in [6, 6.07) is 12.1. The fraction of sp³-hybridized carbons (Fsp3) is 0.188. The summed E-state index contributed by atoms with van der Waals surface area (Å²) in [5, 5.41) is 0. The van der Waals surface area contributed by atoms with Gasteiger partial charge in [0, 0.05) is 12.5 Å². The highest BCUT2D eigenvalue weighted by Gasteiger charge is 2.21. The predicted molar refractivity (Wildman–Crippen MR) is 71.6 cm³/mol. The van der Waals surface area contributed by atoms with Crippen molar-refractivity contribution in [1.82, 2.24) is 0 Å². The fourth-order valence-electron chi connectivity index (χ4n) is 2.11. The molecule has 102 valence electrons. The number of ketones is 1. The van der Waals surface area contributed by atoms with Crippen molar-refractivity contribution < 1.29 is 18.7 Å². The number of benzene rings is 2. The molecule has 0 saturated heterocycles. The first-order chi connectivity index (χ1) is 9.74. The molecule has 1 heterocycles. The van der Waals surface area contributed by atoms with Crippen molar-refractivity contribution in [3.05, 3.63) is 59.4 Å². The Morgan fingerprint density at radius 3 is 2.80 bits per heavy atom. The van der Waals surface area contributed by atoms with Crippen LogP contribution in [0.1, 0.15) is 22.3 Å². The monoisotopic (exact) mass is 272 g/mol. The molecule has 0 unspecified atom stereocenters. The molecule has 1 aliphatic heterocycles. The molecule has 0 bridgehead atoms. The Hall–Kier alpha value is -2.36. The van der Waals surface area contributed by atoms with Gasteiger partial charge in [-0.15, -0.1) is 0 Å². The Labute approximate surface area is 115 Å². The third-order valence-electron chi connectivity index (χ3n) is 3.16. The zero-order valence-electron chi connectivity index (χ0n) is 10.8. The number of ether oxygens (including phenoxy) is 2. The first kappa shape index (κ1) is 12.7. The van der Waals surface area contributed by atoms with E-state index in [0.29, 0.717) is 17.9 Å². The molecular weight excluding hydrogens is 259 g/mol. The minimum absolute atomic E-state index is 0.0974. The number of fused-ring (bicyclic) bond motifs is 1. The number of halogens is 1. The summed E-state index contributed by atoms with van der Waals surface area (Å²) in [4.78, 5) is 11.6. The van der Waals surface area contributed by atoms with Crippen LogP contribution in [-0.2, 0) is 6.61 Å². The highest BCUT2D eigenvalue weighted by molar-refractivity contribution is 5.99. The number of hydrogen-bond acceptors (Lipinski definition) is 3. The quantitative estimate of drug-likeness (QED) is 0.859. The van der Waals surface area contributed by atoms with E-state index in [-0.39, 0.29) is 24.6 Å². The minimum Gasteiger partial charge on any atom is -0.492 e. The van der Waals surface area contributed by atoms with Crippen LogP contribution < -0.4 is 9.47 Å². The van der Waals surface area contributed by atoms with Gasteiger partial charge < -0.3 is 9.47 Å². The second-order valence-corrected chi connectivity index (χ2v) is 4.57. The van der Waals surface area contributed by atoms with Gasteiger partial charge in [-0.05, 0) is 11.6 Å². The molecule has 3 nitrogen and oxygen atoms in total. The Morgan fingerprint density at radius 1 is 1.20 bits per heavy atom. The van der Waals surface area contributed by atoms with E-state index in [2.05, 4.69) is 0 Å². The summed E-state index contributed by atoms with van der Waals surface area (Å²) in [6.07, 6.45) is 0.288. The molecule has 0 N–H and O–H groups in total. The van der Waals surface area contributed by atoms with Crippen LogP contribution in [0.5, 0.6) is 11.5 Å². The van der Waals surface area contributed by atoms with Crippen LogP contribution in [-0.4, -0.2) is 12.4 Å². The molecule has 0 amide bonds. The molecule has 4 heteroatoms. The number of carbonyl (C=O) groups excluding carboxylic acids is 1. The Morgan fingerprint density at radius 2 is 2.00 bits per heavy atom. The normalized spacial score (nSPS) is 13.6. The van der Waals surface area contributed by atoms with Gasteiger partial charge in [-0.1, -0.05) is 30.3 Å². The van der Waals surface area contributed by atoms with Crippen LogP contribution in [0.3, 0.4) is 0 Å². The molecule has 0 spiro atoms. The zero-order chi connectivity index (χ0) is 13.9. The lowest BCUT2D eigenvalue weighted by Gasteiger charge is -2.17. The Balaban J connectivity index is 1.82. The Kier molecular flexibility index (Phi) is 3.37. The van der Waals surface area contributed by atoms with Crippen molar-refractivity contribution >= 4 is 5.78 Å². The van der Waals surface area contributed by atoms with Crippen molar-refractivity contribution in [2.75, 3.05) is 6.61 Å². The zero-order valence-corrected chi connectivity index (χ0v) is 10.8. The van der Waals surface area contributed by atoms with E-state index in [9.17, 15) is 9.18 Å². The molecule has 0 radical (unpaired) electrons. The van der Waals surface area contributed by atoms with Crippen LogP contribution in [0.25, 0.3) is 0 Å². The van der Waals surface area contributed by atoms with E-state index in [4.69, 9.17) is 9.47 Å². The van der Waals surface area contributed by atoms with Crippen LogP contribution in [0.2, 0.25) is 0 Å². The van der Waals surface area contributed by atoms with E-state index < -0.39 is 5.82 Å². The van der Waals surface area contributed by atoms with E-state index in [1.54, 1.807) is 0 Å². The van der Waals surface area contributed by atoms with Gasteiger partial charge in [-0.2, -0.15) is 0 Å². The van der Waals surface area contributed by atoms with Gasteiger partial charge in [-0.25, -0.2) is 4.39 Å². The number of carbonyl (C=O) groups is 1. The van der Waals surface area contributed by atoms with Gasteiger partial charge in [0.25, 0.3) is 0 Å².